The summed E-state index contributed by atoms with van der Waals surface area (Å²) in [6.07, 6.45) is 13.9. The summed E-state index contributed by atoms with van der Waals surface area (Å²) in [7, 11) is 0. The minimum atomic E-state index is -1.30. The molecule has 1 fully saturated rings. The molecule has 0 amide bonds. The van der Waals surface area contributed by atoms with Gasteiger partial charge in [0.25, 0.3) is 5.56 Å². The third kappa shape index (κ3) is 10.2. The number of rotatable bonds is 20. The van der Waals surface area contributed by atoms with Crippen LogP contribution in [-0.4, -0.2) is 61.7 Å². The van der Waals surface area contributed by atoms with Crippen LogP contribution < -0.4 is 5.56 Å². The number of carbonyl (C=O) groups excluding carboxylic acids is 2. The second-order valence-corrected chi connectivity index (χ2v) is 11.0. The molecule has 11 nitrogen and oxygen atoms in total. The van der Waals surface area contributed by atoms with E-state index in [1.54, 1.807) is 0 Å². The fraction of sp³-hybridized carbons (Fsp3) is 0.767. The zero-order valence-corrected chi connectivity index (χ0v) is 24.7. The predicted molar refractivity (Wildman–Crippen MR) is 154 cm³/mol. The Kier molecular flexibility index (Phi) is 14.3. The first kappa shape index (κ1) is 32.7. The van der Waals surface area contributed by atoms with Crippen LogP contribution in [0.1, 0.15) is 123 Å². The molecular weight excluding hydrogens is 528 g/mol. The number of esters is 2. The highest BCUT2D eigenvalue weighted by Gasteiger charge is 2.48. The Bertz CT molecular complexity index is 1120. The Hall–Kier alpha value is -2.79. The molecule has 0 aliphatic carbocycles. The molecule has 2 aromatic heterocycles. The first-order chi connectivity index (χ1) is 20.0. The molecule has 3 heterocycles. The molecule has 230 valence electrons. The van der Waals surface area contributed by atoms with Gasteiger partial charge in [0.1, 0.15) is 24.2 Å². The Labute approximate surface area is 242 Å². The van der Waals surface area contributed by atoms with Gasteiger partial charge in [-0.1, -0.05) is 90.9 Å². The molecule has 0 spiro atoms. The van der Waals surface area contributed by atoms with Crippen LogP contribution in [0.5, 0.6) is 0 Å². The predicted octanol–water partition coefficient (Wildman–Crippen LogP) is 5.11. The van der Waals surface area contributed by atoms with Crippen molar-refractivity contribution >= 4 is 23.0 Å². The fourth-order valence-corrected chi connectivity index (χ4v) is 5.17. The van der Waals surface area contributed by atoms with Crippen molar-refractivity contribution in [1.29, 1.82) is 0 Å². The maximum atomic E-state index is 12.7. The lowest BCUT2D eigenvalue weighted by Gasteiger charge is -2.20. The summed E-state index contributed by atoms with van der Waals surface area (Å²) in [5, 5.41) is 15.6. The molecule has 1 saturated heterocycles. The lowest BCUT2D eigenvalue weighted by Crippen LogP contribution is -2.38. The van der Waals surface area contributed by atoms with Gasteiger partial charge in [0.05, 0.1) is 12.5 Å². The van der Waals surface area contributed by atoms with E-state index in [0.29, 0.717) is 12.8 Å². The number of H-pyrrole nitrogens is 1. The van der Waals surface area contributed by atoms with Gasteiger partial charge in [0, 0.05) is 12.8 Å². The number of aromatic nitrogens is 4. The smallest absolute Gasteiger partial charge is 0.306 e. The van der Waals surface area contributed by atoms with Gasteiger partial charge < -0.3 is 24.3 Å². The first-order valence-electron chi connectivity index (χ1n) is 15.6. The van der Waals surface area contributed by atoms with Gasteiger partial charge in [-0.25, -0.2) is 9.67 Å². The van der Waals surface area contributed by atoms with Crippen molar-refractivity contribution in [1.82, 2.24) is 19.7 Å². The van der Waals surface area contributed by atoms with E-state index in [-0.39, 0.29) is 35.6 Å². The standard InChI is InChI=1S/C30H48N4O7/c1-3-5-7-9-11-13-15-17-24(35)39-20-23-27(41-25(36)18-16-14-12-10-8-6-4-2)26(37)30(40-23)34-28-22(19-33-34)29(38)32-21-31-28/h19,21,23,26-27,30,37H,3-18,20H2,1-2H3,(H,31,32,38)/t23-,26-,27-,30-/m1/s1. The van der Waals surface area contributed by atoms with Gasteiger partial charge in [0.2, 0.25) is 0 Å². The van der Waals surface area contributed by atoms with Crippen LogP contribution in [0.2, 0.25) is 0 Å². The van der Waals surface area contributed by atoms with E-state index in [0.717, 1.165) is 38.5 Å². The molecule has 4 atom stereocenters. The molecule has 1 aliphatic heterocycles. The number of aromatic amines is 1. The Morgan fingerprint density at radius 3 is 2.15 bits per heavy atom. The van der Waals surface area contributed by atoms with Crippen molar-refractivity contribution in [2.75, 3.05) is 6.61 Å². The molecular formula is C30H48N4O7. The van der Waals surface area contributed by atoms with Gasteiger partial charge in [-0.2, -0.15) is 5.10 Å². The van der Waals surface area contributed by atoms with Crippen molar-refractivity contribution in [3.63, 3.8) is 0 Å². The largest absolute Gasteiger partial charge is 0.463 e. The van der Waals surface area contributed by atoms with E-state index in [1.165, 1.54) is 62.2 Å². The van der Waals surface area contributed by atoms with Crippen LogP contribution in [0.25, 0.3) is 11.0 Å². The Balaban J connectivity index is 1.56. The highest BCUT2D eigenvalue weighted by molar-refractivity contribution is 5.73. The number of aliphatic hydroxyl groups excluding tert-OH is 1. The summed E-state index contributed by atoms with van der Waals surface area (Å²) in [4.78, 5) is 43.9. The normalized spacial score (nSPS) is 20.5. The molecule has 0 aromatic carbocycles. The number of hydrogen-bond acceptors (Lipinski definition) is 9. The summed E-state index contributed by atoms with van der Waals surface area (Å²) in [5.74, 6) is -0.794. The molecule has 41 heavy (non-hydrogen) atoms. The van der Waals surface area contributed by atoms with Gasteiger partial charge in [0.15, 0.2) is 18.0 Å². The maximum Gasteiger partial charge on any atom is 0.306 e. The van der Waals surface area contributed by atoms with Crippen LogP contribution in [0.15, 0.2) is 17.3 Å². The number of carbonyl (C=O) groups is 2. The Morgan fingerprint density at radius 1 is 0.927 bits per heavy atom. The summed E-state index contributed by atoms with van der Waals surface area (Å²) < 4.78 is 18.5. The van der Waals surface area contributed by atoms with Crippen molar-refractivity contribution in [3.8, 4) is 0 Å². The lowest BCUT2D eigenvalue weighted by atomic mass is 10.1. The minimum Gasteiger partial charge on any atom is -0.463 e. The number of aliphatic hydroxyl groups is 1. The third-order valence-corrected chi connectivity index (χ3v) is 7.59. The first-order valence-corrected chi connectivity index (χ1v) is 15.6. The van der Waals surface area contributed by atoms with Crippen molar-refractivity contribution in [3.05, 3.63) is 22.9 Å². The molecule has 3 rings (SSSR count). The molecule has 1 aliphatic rings. The molecule has 2 aromatic rings. The van der Waals surface area contributed by atoms with E-state index in [2.05, 4.69) is 28.9 Å². The van der Waals surface area contributed by atoms with Gasteiger partial charge >= 0.3 is 11.9 Å². The van der Waals surface area contributed by atoms with Crippen LogP contribution in [0.4, 0.5) is 0 Å². The van der Waals surface area contributed by atoms with Crippen LogP contribution >= 0.6 is 0 Å². The lowest BCUT2D eigenvalue weighted by molar-refractivity contribution is -0.160. The number of fused-ring (bicyclic) bond motifs is 1. The monoisotopic (exact) mass is 576 g/mol. The number of nitrogens with one attached hydrogen (secondary N) is 1. The van der Waals surface area contributed by atoms with Gasteiger partial charge in [-0.05, 0) is 12.8 Å². The zero-order valence-electron chi connectivity index (χ0n) is 24.7. The third-order valence-electron chi connectivity index (χ3n) is 7.59. The molecule has 0 radical (unpaired) electrons. The van der Waals surface area contributed by atoms with Crippen molar-refractivity contribution in [2.24, 2.45) is 0 Å². The summed E-state index contributed by atoms with van der Waals surface area (Å²) >= 11 is 0. The summed E-state index contributed by atoms with van der Waals surface area (Å²) in [6, 6.07) is 0. The average Bonchev–Trinajstić information content (AvgIpc) is 3.52. The van der Waals surface area contributed by atoms with Crippen molar-refractivity contribution in [2.45, 2.75) is 141 Å². The fourth-order valence-electron chi connectivity index (χ4n) is 5.17. The topological polar surface area (TPSA) is 146 Å². The van der Waals surface area contributed by atoms with Crippen molar-refractivity contribution < 1.29 is 28.9 Å². The highest BCUT2D eigenvalue weighted by Crippen LogP contribution is 2.33. The summed E-state index contributed by atoms with van der Waals surface area (Å²) in [5.41, 5.74) is -0.148. The highest BCUT2D eigenvalue weighted by atomic mass is 16.6. The molecule has 0 saturated carbocycles. The van der Waals surface area contributed by atoms with Crippen LogP contribution in [0.3, 0.4) is 0 Å². The zero-order chi connectivity index (χ0) is 29.5. The summed E-state index contributed by atoms with van der Waals surface area (Å²) in [6.45, 7) is 4.19. The Morgan fingerprint density at radius 2 is 1.51 bits per heavy atom. The van der Waals surface area contributed by atoms with Crippen LogP contribution in [0, 0.1) is 0 Å². The van der Waals surface area contributed by atoms with E-state index in [1.807, 2.05) is 0 Å². The average molecular weight is 577 g/mol. The molecule has 11 heteroatoms. The molecule has 0 bridgehead atoms. The molecule has 2 N–H and O–H groups in total. The van der Waals surface area contributed by atoms with E-state index in [4.69, 9.17) is 14.2 Å². The molecule has 0 unspecified atom stereocenters. The number of nitrogens with zero attached hydrogens (tertiary/aromatic N) is 3. The van der Waals surface area contributed by atoms with Gasteiger partial charge in [-0.15, -0.1) is 0 Å². The van der Waals surface area contributed by atoms with Gasteiger partial charge in [-0.3, -0.25) is 14.4 Å². The van der Waals surface area contributed by atoms with Crippen LogP contribution in [-0.2, 0) is 23.8 Å². The second kappa shape index (κ2) is 17.9. The number of hydrogen-bond donors (Lipinski definition) is 2. The number of ether oxygens (including phenoxy) is 3. The van der Waals surface area contributed by atoms with E-state index < -0.39 is 30.5 Å². The quantitative estimate of drug-likeness (QED) is 0.162. The second-order valence-electron chi connectivity index (χ2n) is 11.0. The SMILES string of the molecule is CCCCCCCCCC(=O)OC[C@H]1O[C@@H](n2ncc3c(=O)[nH]cnc32)[C@H](O)[C@@H]1OC(=O)CCCCCCCCC. The number of unbranched alkanes of at least 4 members (excludes halogenated alkanes) is 12. The maximum absolute atomic E-state index is 12.7. The minimum absolute atomic E-state index is 0.175. The van der Waals surface area contributed by atoms with E-state index in [9.17, 15) is 19.5 Å². The van der Waals surface area contributed by atoms with E-state index >= 15 is 0 Å².